The van der Waals surface area contributed by atoms with Gasteiger partial charge in [0.2, 0.25) is 0 Å². The average Bonchev–Trinajstić information content (AvgIpc) is 2.66. The molecule has 0 fully saturated rings. The third-order valence-electron chi connectivity index (χ3n) is 4.10. The number of hydrogen-bond donors (Lipinski definition) is 1. The summed E-state index contributed by atoms with van der Waals surface area (Å²) in [6.07, 6.45) is 0. The number of hydrazone groups is 1. The van der Waals surface area contributed by atoms with Crippen LogP contribution in [0.3, 0.4) is 0 Å². The predicted molar refractivity (Wildman–Crippen MR) is 108 cm³/mol. The van der Waals surface area contributed by atoms with Gasteiger partial charge in [-0.15, -0.1) is 0 Å². The molecular weight excluding hydrogens is 344 g/mol. The van der Waals surface area contributed by atoms with Gasteiger partial charge in [0, 0.05) is 0 Å². The molecule has 0 bridgehead atoms. The molecule has 0 aromatic heterocycles. The smallest absolute Gasteiger partial charge is 0.267 e. The van der Waals surface area contributed by atoms with Gasteiger partial charge in [-0.2, -0.15) is 5.10 Å². The van der Waals surface area contributed by atoms with Gasteiger partial charge in [0.1, 0.15) is 0 Å². The summed E-state index contributed by atoms with van der Waals surface area (Å²) in [7, 11) is 0. The molecule has 0 saturated heterocycles. The first-order valence-corrected chi connectivity index (χ1v) is 8.69. The van der Waals surface area contributed by atoms with E-state index in [1.54, 1.807) is 12.1 Å². The van der Waals surface area contributed by atoms with Crippen molar-refractivity contribution >= 4 is 23.2 Å². The van der Waals surface area contributed by atoms with Crippen LogP contribution in [-0.4, -0.2) is 11.6 Å². The monoisotopic (exact) mass is 362 g/mol. The SMILES string of the molecule is C/C(=N\NC(=O)c1ccc(C)cc1Cl)c1ccc(-c2ccccc2)cc1. The second kappa shape index (κ2) is 7.98. The molecule has 130 valence electrons. The molecule has 0 saturated carbocycles. The summed E-state index contributed by atoms with van der Waals surface area (Å²) < 4.78 is 0. The zero-order valence-electron chi connectivity index (χ0n) is 14.7. The van der Waals surface area contributed by atoms with Gasteiger partial charge in [-0.1, -0.05) is 72.3 Å². The quantitative estimate of drug-likeness (QED) is 0.485. The fourth-order valence-corrected chi connectivity index (χ4v) is 2.92. The summed E-state index contributed by atoms with van der Waals surface area (Å²) in [5.41, 5.74) is 7.95. The first kappa shape index (κ1) is 17.9. The molecule has 3 aromatic rings. The summed E-state index contributed by atoms with van der Waals surface area (Å²) in [5.74, 6) is -0.324. The zero-order valence-corrected chi connectivity index (χ0v) is 15.4. The van der Waals surface area contributed by atoms with Gasteiger partial charge in [-0.25, -0.2) is 5.43 Å². The average molecular weight is 363 g/mol. The minimum absolute atomic E-state index is 0.324. The molecule has 0 aliphatic carbocycles. The van der Waals surface area contributed by atoms with Gasteiger partial charge in [-0.3, -0.25) is 4.79 Å². The van der Waals surface area contributed by atoms with Crippen molar-refractivity contribution in [3.05, 3.63) is 94.5 Å². The topological polar surface area (TPSA) is 41.5 Å². The highest BCUT2D eigenvalue weighted by atomic mass is 35.5. The van der Waals surface area contributed by atoms with Gasteiger partial charge >= 0.3 is 0 Å². The minimum atomic E-state index is -0.324. The van der Waals surface area contributed by atoms with Gasteiger partial charge in [-0.05, 0) is 48.2 Å². The van der Waals surface area contributed by atoms with Crippen LogP contribution in [0.1, 0.15) is 28.4 Å². The number of nitrogens with one attached hydrogen (secondary N) is 1. The van der Waals surface area contributed by atoms with Crippen molar-refractivity contribution in [3.8, 4) is 11.1 Å². The normalized spacial score (nSPS) is 11.3. The van der Waals surface area contributed by atoms with Gasteiger partial charge in [0.05, 0.1) is 16.3 Å². The molecule has 0 atom stereocenters. The van der Waals surface area contributed by atoms with Crippen molar-refractivity contribution in [3.63, 3.8) is 0 Å². The van der Waals surface area contributed by atoms with E-state index in [4.69, 9.17) is 11.6 Å². The summed E-state index contributed by atoms with van der Waals surface area (Å²) in [4.78, 5) is 12.2. The van der Waals surface area contributed by atoms with E-state index in [-0.39, 0.29) is 5.91 Å². The van der Waals surface area contributed by atoms with Crippen molar-refractivity contribution in [2.75, 3.05) is 0 Å². The molecule has 3 nitrogen and oxygen atoms in total. The number of nitrogens with zero attached hydrogens (tertiary/aromatic N) is 1. The number of halogens is 1. The Bertz CT molecular complexity index is 948. The highest BCUT2D eigenvalue weighted by molar-refractivity contribution is 6.33. The van der Waals surface area contributed by atoms with E-state index in [1.165, 1.54) is 0 Å². The lowest BCUT2D eigenvalue weighted by Crippen LogP contribution is -2.19. The lowest BCUT2D eigenvalue weighted by molar-refractivity contribution is 0.0955. The molecule has 1 N–H and O–H groups in total. The van der Waals surface area contributed by atoms with E-state index < -0.39 is 0 Å². The number of benzene rings is 3. The van der Waals surface area contributed by atoms with Crippen molar-refractivity contribution in [1.29, 1.82) is 0 Å². The maximum Gasteiger partial charge on any atom is 0.272 e. The molecule has 0 unspecified atom stereocenters. The second-order valence-corrected chi connectivity index (χ2v) is 6.47. The number of aryl methyl sites for hydroxylation is 1. The van der Waals surface area contributed by atoms with Crippen molar-refractivity contribution in [1.82, 2.24) is 5.43 Å². The van der Waals surface area contributed by atoms with E-state index >= 15 is 0 Å². The largest absolute Gasteiger partial charge is 0.272 e. The minimum Gasteiger partial charge on any atom is -0.267 e. The molecule has 3 aromatic carbocycles. The molecule has 0 heterocycles. The third kappa shape index (κ3) is 4.19. The van der Waals surface area contributed by atoms with E-state index in [9.17, 15) is 4.79 Å². The Labute approximate surface area is 158 Å². The van der Waals surface area contributed by atoms with E-state index in [0.29, 0.717) is 10.6 Å². The summed E-state index contributed by atoms with van der Waals surface area (Å²) in [5, 5.41) is 4.61. The van der Waals surface area contributed by atoms with Gasteiger partial charge in [0.25, 0.3) is 5.91 Å². The molecule has 0 aliphatic rings. The molecule has 0 spiro atoms. The Morgan fingerprint density at radius 3 is 2.23 bits per heavy atom. The maximum atomic E-state index is 12.2. The van der Waals surface area contributed by atoms with Crippen LogP contribution < -0.4 is 5.43 Å². The summed E-state index contributed by atoms with van der Waals surface area (Å²) >= 11 is 6.12. The summed E-state index contributed by atoms with van der Waals surface area (Å²) in [6.45, 7) is 3.78. The molecule has 1 amide bonds. The maximum absolute atomic E-state index is 12.2. The van der Waals surface area contributed by atoms with E-state index in [1.807, 2.05) is 62.4 Å². The molecule has 3 rings (SSSR count). The molecule has 4 heteroatoms. The van der Waals surface area contributed by atoms with Crippen LogP contribution in [0.15, 0.2) is 77.9 Å². The highest BCUT2D eigenvalue weighted by Crippen LogP contribution is 2.20. The van der Waals surface area contributed by atoms with Crippen molar-refractivity contribution < 1.29 is 4.79 Å². The fraction of sp³-hybridized carbons (Fsp3) is 0.0909. The number of rotatable bonds is 4. The Kier molecular flexibility index (Phi) is 5.49. The van der Waals surface area contributed by atoms with Gasteiger partial charge < -0.3 is 0 Å². The molecule has 0 aliphatic heterocycles. The lowest BCUT2D eigenvalue weighted by atomic mass is 10.0. The van der Waals surface area contributed by atoms with Gasteiger partial charge in [0.15, 0.2) is 0 Å². The third-order valence-corrected chi connectivity index (χ3v) is 4.42. The van der Waals surface area contributed by atoms with Crippen molar-refractivity contribution in [2.45, 2.75) is 13.8 Å². The molecule has 26 heavy (non-hydrogen) atoms. The second-order valence-electron chi connectivity index (χ2n) is 6.06. The summed E-state index contributed by atoms with van der Waals surface area (Å²) in [6, 6.07) is 23.6. The predicted octanol–water partition coefficient (Wildman–Crippen LogP) is 5.47. The standard InChI is InChI=1S/C22H19ClN2O/c1-15-8-13-20(21(23)14-15)22(26)25-24-16(2)17-9-11-19(12-10-17)18-6-4-3-5-7-18/h3-14H,1-2H3,(H,25,26)/b24-16+. The molecular formula is C22H19ClN2O. The Balaban J connectivity index is 1.72. The van der Waals surface area contributed by atoms with Crippen LogP contribution in [0.5, 0.6) is 0 Å². The first-order chi connectivity index (χ1) is 12.5. The number of carbonyl (C=O) groups excluding carboxylic acids is 1. The first-order valence-electron chi connectivity index (χ1n) is 8.31. The van der Waals surface area contributed by atoms with Crippen LogP contribution in [0.25, 0.3) is 11.1 Å². The Hall–Kier alpha value is -2.91. The van der Waals surface area contributed by atoms with Crippen LogP contribution in [0.2, 0.25) is 5.02 Å². The van der Waals surface area contributed by atoms with Crippen LogP contribution in [0.4, 0.5) is 0 Å². The van der Waals surface area contributed by atoms with Crippen LogP contribution in [-0.2, 0) is 0 Å². The van der Waals surface area contributed by atoms with Crippen LogP contribution in [0, 0.1) is 6.92 Å². The number of amides is 1. The van der Waals surface area contributed by atoms with Crippen molar-refractivity contribution in [2.24, 2.45) is 5.10 Å². The zero-order chi connectivity index (χ0) is 18.5. The van der Waals surface area contributed by atoms with E-state index in [2.05, 4.69) is 22.7 Å². The number of hydrogen-bond acceptors (Lipinski definition) is 2. The van der Waals surface area contributed by atoms with E-state index in [0.717, 1.165) is 28.0 Å². The lowest BCUT2D eigenvalue weighted by Gasteiger charge is -2.06. The Morgan fingerprint density at radius 2 is 1.58 bits per heavy atom. The Morgan fingerprint density at radius 1 is 0.923 bits per heavy atom. The highest BCUT2D eigenvalue weighted by Gasteiger charge is 2.10. The number of carbonyl (C=O) groups is 1. The fourth-order valence-electron chi connectivity index (χ4n) is 2.60. The van der Waals surface area contributed by atoms with Crippen LogP contribution >= 0.6 is 11.6 Å². The molecule has 0 radical (unpaired) electrons.